The Morgan fingerprint density at radius 3 is 2.48 bits per heavy atom. The van der Waals surface area contributed by atoms with Crippen LogP contribution in [-0.2, 0) is 16.1 Å². The minimum atomic E-state index is -3.01. The molecule has 1 amide bonds. The molecule has 236 valence electrons. The molecule has 44 heavy (non-hydrogen) atoms. The number of halogens is 4. The number of ether oxygens (including phenoxy) is 3. The van der Waals surface area contributed by atoms with E-state index in [0.29, 0.717) is 32.0 Å². The third kappa shape index (κ3) is 5.76. The van der Waals surface area contributed by atoms with Gasteiger partial charge < -0.3 is 19.1 Å². The van der Waals surface area contributed by atoms with Gasteiger partial charge in [0, 0.05) is 31.0 Å². The summed E-state index contributed by atoms with van der Waals surface area (Å²) < 4.78 is 75.8. The standard InChI is InChI=1S/C32H36F4N4O4/c1-29(2,3)44-28(41)40-22-10-11-30(40,4)17-39(14-22)26-23-12-21(33)13-24(34)25(23)37-27(38-26)43-19-31(16-32(31,35)36)18-42-15-20-8-6-5-7-9-20/h5-9,12-13,22H,10-11,14-19H2,1-4H3/t22-,30-,31-/m1/s1. The van der Waals surface area contributed by atoms with Crippen molar-refractivity contribution >= 4 is 22.8 Å². The van der Waals surface area contributed by atoms with Crippen molar-refractivity contribution in [2.75, 3.05) is 31.2 Å². The Morgan fingerprint density at radius 1 is 1.09 bits per heavy atom. The maximum absolute atomic E-state index is 15.1. The zero-order valence-electron chi connectivity index (χ0n) is 25.2. The van der Waals surface area contributed by atoms with E-state index >= 15 is 4.39 Å². The van der Waals surface area contributed by atoms with Gasteiger partial charge in [0.15, 0.2) is 5.82 Å². The molecule has 0 spiro atoms. The van der Waals surface area contributed by atoms with E-state index < -0.39 is 53.2 Å². The van der Waals surface area contributed by atoms with E-state index in [4.69, 9.17) is 14.2 Å². The molecular weight excluding hydrogens is 580 g/mol. The van der Waals surface area contributed by atoms with Gasteiger partial charge in [0.2, 0.25) is 0 Å². The van der Waals surface area contributed by atoms with E-state index in [0.717, 1.165) is 11.6 Å². The minimum Gasteiger partial charge on any atom is -0.462 e. The third-order valence-corrected chi connectivity index (χ3v) is 8.67. The molecule has 3 heterocycles. The molecule has 3 aromatic rings. The highest BCUT2D eigenvalue weighted by Gasteiger charge is 2.72. The van der Waals surface area contributed by atoms with Crippen molar-refractivity contribution in [1.82, 2.24) is 14.9 Å². The van der Waals surface area contributed by atoms with Gasteiger partial charge in [-0.05, 0) is 52.2 Å². The van der Waals surface area contributed by atoms with Gasteiger partial charge in [-0.2, -0.15) is 9.97 Å². The summed E-state index contributed by atoms with van der Waals surface area (Å²) in [7, 11) is 0. The van der Waals surface area contributed by atoms with Crippen molar-refractivity contribution in [1.29, 1.82) is 0 Å². The van der Waals surface area contributed by atoms with Gasteiger partial charge >= 0.3 is 12.1 Å². The smallest absolute Gasteiger partial charge is 0.411 e. The van der Waals surface area contributed by atoms with Crippen LogP contribution >= 0.6 is 0 Å². The molecule has 2 saturated heterocycles. The monoisotopic (exact) mass is 616 g/mol. The maximum atomic E-state index is 15.1. The lowest BCUT2D eigenvalue weighted by Gasteiger charge is -2.47. The summed E-state index contributed by atoms with van der Waals surface area (Å²) >= 11 is 0. The fourth-order valence-corrected chi connectivity index (χ4v) is 6.37. The zero-order chi connectivity index (χ0) is 31.5. The number of hydrogen-bond donors (Lipinski definition) is 0. The van der Waals surface area contributed by atoms with Crippen LogP contribution in [0.1, 0.15) is 52.5 Å². The molecule has 2 bridgehead atoms. The second-order valence-corrected chi connectivity index (χ2v) is 13.5. The number of fused-ring (bicyclic) bond motifs is 3. The maximum Gasteiger partial charge on any atom is 0.411 e. The van der Waals surface area contributed by atoms with Crippen LogP contribution < -0.4 is 9.64 Å². The van der Waals surface area contributed by atoms with E-state index in [2.05, 4.69) is 9.97 Å². The topological polar surface area (TPSA) is 77.0 Å². The summed E-state index contributed by atoms with van der Waals surface area (Å²) in [4.78, 5) is 25.4. The van der Waals surface area contributed by atoms with Crippen molar-refractivity contribution < 1.29 is 36.6 Å². The number of benzene rings is 2. The van der Waals surface area contributed by atoms with E-state index in [1.54, 1.807) is 25.7 Å². The number of carbonyl (C=O) groups is 1. The average molecular weight is 617 g/mol. The summed E-state index contributed by atoms with van der Waals surface area (Å²) in [6.45, 7) is 7.47. The molecule has 1 saturated carbocycles. The van der Waals surface area contributed by atoms with Gasteiger partial charge in [-0.1, -0.05) is 30.3 Å². The van der Waals surface area contributed by atoms with E-state index in [1.165, 1.54) is 0 Å². The number of alkyl halides is 2. The van der Waals surface area contributed by atoms with Crippen molar-refractivity contribution in [3.05, 3.63) is 59.7 Å². The number of piperazine rings is 1. The first-order valence-electron chi connectivity index (χ1n) is 14.8. The molecule has 3 atom stereocenters. The Balaban J connectivity index is 1.25. The van der Waals surface area contributed by atoms with E-state index in [1.807, 2.05) is 42.2 Å². The molecule has 0 N–H and O–H groups in total. The quantitative estimate of drug-likeness (QED) is 0.267. The first-order chi connectivity index (χ1) is 20.7. The normalized spacial score (nSPS) is 25.8. The molecule has 12 heteroatoms. The van der Waals surface area contributed by atoms with Crippen LogP contribution in [0.15, 0.2) is 42.5 Å². The van der Waals surface area contributed by atoms with Crippen LogP contribution in [0, 0.1) is 17.0 Å². The highest BCUT2D eigenvalue weighted by Crippen LogP contribution is 2.60. The van der Waals surface area contributed by atoms with Gasteiger partial charge in [-0.25, -0.2) is 22.4 Å². The Morgan fingerprint density at radius 2 is 1.82 bits per heavy atom. The number of aromatic nitrogens is 2. The van der Waals surface area contributed by atoms with E-state index in [-0.39, 0.29) is 42.0 Å². The number of anilines is 1. The summed E-state index contributed by atoms with van der Waals surface area (Å²) in [5.41, 5.74) is -2.21. The Kier molecular flexibility index (Phi) is 7.41. The summed E-state index contributed by atoms with van der Waals surface area (Å²) in [5, 5.41) is 0.126. The summed E-state index contributed by atoms with van der Waals surface area (Å²) in [6, 6.07) is 10.6. The van der Waals surface area contributed by atoms with Crippen LogP contribution in [-0.4, -0.2) is 70.4 Å². The molecule has 0 unspecified atom stereocenters. The fraction of sp³-hybridized carbons (Fsp3) is 0.531. The molecule has 2 aromatic carbocycles. The fourth-order valence-electron chi connectivity index (χ4n) is 6.37. The predicted octanol–water partition coefficient (Wildman–Crippen LogP) is 6.51. The van der Waals surface area contributed by atoms with Crippen molar-refractivity contribution in [2.45, 2.75) is 76.7 Å². The molecule has 3 aliphatic rings. The first-order valence-corrected chi connectivity index (χ1v) is 14.8. The molecule has 2 aliphatic heterocycles. The van der Waals surface area contributed by atoms with Gasteiger partial charge in [-0.3, -0.25) is 4.90 Å². The molecule has 1 aliphatic carbocycles. The lowest BCUT2D eigenvalue weighted by molar-refractivity contribution is -0.0174. The number of rotatable bonds is 8. The van der Waals surface area contributed by atoms with Crippen LogP contribution in [0.25, 0.3) is 10.9 Å². The minimum absolute atomic E-state index is 0.126. The number of hydrogen-bond acceptors (Lipinski definition) is 7. The second-order valence-electron chi connectivity index (χ2n) is 13.5. The van der Waals surface area contributed by atoms with Gasteiger partial charge in [0.1, 0.15) is 29.4 Å². The summed E-state index contributed by atoms with van der Waals surface area (Å²) in [5.74, 6) is -4.53. The average Bonchev–Trinajstić information content (AvgIpc) is 3.40. The highest BCUT2D eigenvalue weighted by atomic mass is 19.3. The molecular formula is C32H36F4N4O4. The largest absolute Gasteiger partial charge is 0.462 e. The van der Waals surface area contributed by atoms with Crippen LogP contribution in [0.4, 0.5) is 28.2 Å². The Hall–Kier alpha value is -3.67. The van der Waals surface area contributed by atoms with Crippen molar-refractivity contribution in [3.8, 4) is 6.01 Å². The third-order valence-electron chi connectivity index (χ3n) is 8.67. The highest BCUT2D eigenvalue weighted by molar-refractivity contribution is 5.90. The predicted molar refractivity (Wildman–Crippen MR) is 155 cm³/mol. The molecule has 6 rings (SSSR count). The van der Waals surface area contributed by atoms with Crippen LogP contribution in [0.3, 0.4) is 0 Å². The van der Waals surface area contributed by atoms with Gasteiger partial charge in [0.05, 0.1) is 30.2 Å². The Bertz CT molecular complexity index is 1570. The molecule has 8 nitrogen and oxygen atoms in total. The lowest BCUT2D eigenvalue weighted by atomic mass is 9.97. The molecule has 1 aromatic heterocycles. The first kappa shape index (κ1) is 30.4. The SMILES string of the molecule is CC(C)(C)OC(=O)N1[C@@H]2CC[C@]1(C)CN(c1nc(OC[C@]3(COCc4ccccc4)CC3(F)F)nc3c(F)cc(F)cc13)C2. The van der Waals surface area contributed by atoms with Crippen LogP contribution in [0.2, 0.25) is 0 Å². The van der Waals surface area contributed by atoms with Crippen molar-refractivity contribution in [3.63, 3.8) is 0 Å². The number of amides is 1. The van der Waals surface area contributed by atoms with Crippen LogP contribution in [0.5, 0.6) is 6.01 Å². The van der Waals surface area contributed by atoms with Gasteiger partial charge in [-0.15, -0.1) is 0 Å². The van der Waals surface area contributed by atoms with Crippen molar-refractivity contribution in [2.24, 2.45) is 5.41 Å². The molecule has 3 fully saturated rings. The molecule has 0 radical (unpaired) electrons. The van der Waals surface area contributed by atoms with Gasteiger partial charge in [0.25, 0.3) is 5.92 Å². The van der Waals surface area contributed by atoms with E-state index in [9.17, 15) is 18.0 Å². The Labute approximate surface area is 253 Å². The number of carbonyl (C=O) groups excluding carboxylic acids is 1. The number of nitrogens with zero attached hydrogens (tertiary/aromatic N) is 4. The lowest BCUT2D eigenvalue weighted by Crippen LogP contribution is -2.63. The zero-order valence-corrected chi connectivity index (χ0v) is 25.2. The summed E-state index contributed by atoms with van der Waals surface area (Å²) in [6.07, 6.45) is 0.563. The second kappa shape index (κ2) is 10.7.